The SMILES string of the molecule is C(#Cc1ccnc(-c2ccc(C#Cc3ccc(C#Cc4ccnc(-c5ccc(C#Cc6ccncc6)cc5)c4)cc3)cc2)c1)c1ccccc1. The zero-order chi connectivity index (χ0) is 33.8. The first-order valence-corrected chi connectivity index (χ1v) is 16.0. The Bertz CT molecular complexity index is 2510. The third-order valence-electron chi connectivity index (χ3n) is 7.62. The fourth-order valence-corrected chi connectivity index (χ4v) is 4.95. The summed E-state index contributed by atoms with van der Waals surface area (Å²) in [5, 5.41) is 0. The van der Waals surface area contributed by atoms with Gasteiger partial charge in [0.15, 0.2) is 0 Å². The van der Waals surface area contributed by atoms with Gasteiger partial charge in [-0.3, -0.25) is 15.0 Å². The van der Waals surface area contributed by atoms with Crippen molar-refractivity contribution in [3.63, 3.8) is 0 Å². The first kappa shape index (κ1) is 31.2. The summed E-state index contributed by atoms with van der Waals surface area (Å²) in [7, 11) is 0. The van der Waals surface area contributed by atoms with Gasteiger partial charge in [-0.05, 0) is 97.1 Å². The summed E-state index contributed by atoms with van der Waals surface area (Å²) >= 11 is 0. The summed E-state index contributed by atoms with van der Waals surface area (Å²) < 4.78 is 0. The zero-order valence-corrected chi connectivity index (χ0v) is 26.9. The molecule has 0 saturated heterocycles. The van der Waals surface area contributed by atoms with E-state index >= 15 is 0 Å². The van der Waals surface area contributed by atoms with Crippen LogP contribution in [0.5, 0.6) is 0 Å². The van der Waals surface area contributed by atoms with E-state index in [1.165, 1.54) is 0 Å². The van der Waals surface area contributed by atoms with Gasteiger partial charge in [0, 0.05) is 80.4 Å². The molecule has 4 aromatic carbocycles. The van der Waals surface area contributed by atoms with E-state index in [1.54, 1.807) is 24.8 Å². The first-order valence-electron chi connectivity index (χ1n) is 16.0. The van der Waals surface area contributed by atoms with Crippen LogP contribution in [0.1, 0.15) is 44.5 Å². The molecule has 0 fully saturated rings. The molecular weight excluding hydrogens is 607 g/mol. The molecule has 0 aliphatic heterocycles. The molecule has 3 aromatic heterocycles. The van der Waals surface area contributed by atoms with Crippen LogP contribution in [0.4, 0.5) is 0 Å². The Labute approximate surface area is 292 Å². The number of rotatable bonds is 2. The summed E-state index contributed by atoms with van der Waals surface area (Å²) in [4.78, 5) is 13.1. The first-order chi connectivity index (χ1) is 24.7. The van der Waals surface area contributed by atoms with Gasteiger partial charge in [0.2, 0.25) is 0 Å². The van der Waals surface area contributed by atoms with Crippen LogP contribution in [-0.4, -0.2) is 15.0 Å². The molecule has 0 aliphatic rings. The third kappa shape index (κ3) is 8.48. The Balaban J connectivity index is 0.976. The average Bonchev–Trinajstić information content (AvgIpc) is 3.19. The molecule has 7 rings (SSSR count). The second kappa shape index (κ2) is 15.4. The van der Waals surface area contributed by atoms with Crippen LogP contribution in [0.3, 0.4) is 0 Å². The van der Waals surface area contributed by atoms with Crippen LogP contribution in [-0.2, 0) is 0 Å². The molecule has 0 N–H and O–H groups in total. The van der Waals surface area contributed by atoms with Crippen molar-refractivity contribution in [2.75, 3.05) is 0 Å². The van der Waals surface area contributed by atoms with Gasteiger partial charge in [0.25, 0.3) is 0 Å². The summed E-state index contributed by atoms with van der Waals surface area (Å²) in [6.07, 6.45) is 7.07. The summed E-state index contributed by atoms with van der Waals surface area (Å²) in [5.41, 5.74) is 11.2. The molecule has 0 bridgehead atoms. The van der Waals surface area contributed by atoms with Crippen LogP contribution in [0.15, 0.2) is 164 Å². The van der Waals surface area contributed by atoms with Gasteiger partial charge in [0.05, 0.1) is 11.4 Å². The van der Waals surface area contributed by atoms with Crippen LogP contribution < -0.4 is 0 Å². The van der Waals surface area contributed by atoms with E-state index in [-0.39, 0.29) is 0 Å². The molecule has 0 radical (unpaired) electrons. The smallest absolute Gasteiger partial charge is 0.0714 e. The Morgan fingerprint density at radius 1 is 0.280 bits per heavy atom. The predicted molar refractivity (Wildman–Crippen MR) is 200 cm³/mol. The van der Waals surface area contributed by atoms with Crippen molar-refractivity contribution in [3.8, 4) is 69.9 Å². The molecule has 0 amide bonds. The second-order valence-electron chi connectivity index (χ2n) is 11.2. The minimum absolute atomic E-state index is 0.863. The summed E-state index contributed by atoms with van der Waals surface area (Å²) in [6, 6.07) is 45.8. The van der Waals surface area contributed by atoms with Gasteiger partial charge in [-0.25, -0.2) is 0 Å². The van der Waals surface area contributed by atoms with Crippen LogP contribution >= 0.6 is 0 Å². The highest BCUT2D eigenvalue weighted by atomic mass is 14.7. The molecule has 0 unspecified atom stereocenters. The molecule has 0 atom stereocenters. The summed E-state index contributed by atoms with van der Waals surface area (Å²) in [6.45, 7) is 0. The minimum Gasteiger partial charge on any atom is -0.265 e. The molecule has 50 heavy (non-hydrogen) atoms. The van der Waals surface area contributed by atoms with Gasteiger partial charge in [-0.1, -0.05) is 89.8 Å². The average molecular weight is 634 g/mol. The number of pyridine rings is 3. The Kier molecular flexibility index (Phi) is 9.63. The highest BCUT2D eigenvalue weighted by Gasteiger charge is 2.02. The van der Waals surface area contributed by atoms with Crippen molar-refractivity contribution in [2.24, 2.45) is 0 Å². The van der Waals surface area contributed by atoms with Crippen molar-refractivity contribution >= 4 is 0 Å². The molecular formula is C47H27N3. The standard InChI is InChI=1S/C47H27N3/c1-2-4-36(5-3-1)14-16-42-28-32-49-46(34-42)44-22-18-39(19-23-44)11-10-37-6-8-38(9-7-37)15-17-43-29-33-50-47(35-43)45-24-20-40(21-25-45)12-13-41-26-30-48-31-27-41/h1-9,18-35H. The lowest BCUT2D eigenvalue weighted by Gasteiger charge is -2.02. The maximum atomic E-state index is 4.55. The van der Waals surface area contributed by atoms with E-state index in [0.717, 1.165) is 67.0 Å². The molecule has 0 saturated carbocycles. The molecule has 230 valence electrons. The molecule has 3 nitrogen and oxygen atoms in total. The van der Waals surface area contributed by atoms with Crippen molar-refractivity contribution in [3.05, 3.63) is 209 Å². The lowest BCUT2D eigenvalue weighted by atomic mass is 10.1. The lowest BCUT2D eigenvalue weighted by molar-refractivity contribution is 1.31. The van der Waals surface area contributed by atoms with E-state index in [4.69, 9.17) is 0 Å². The van der Waals surface area contributed by atoms with Crippen molar-refractivity contribution < 1.29 is 0 Å². The lowest BCUT2D eigenvalue weighted by Crippen LogP contribution is -1.86. The van der Waals surface area contributed by atoms with Crippen LogP contribution in [0, 0.1) is 47.4 Å². The number of nitrogens with zero attached hydrogens (tertiary/aromatic N) is 3. The van der Waals surface area contributed by atoms with E-state index in [0.29, 0.717) is 0 Å². The van der Waals surface area contributed by atoms with Crippen molar-refractivity contribution in [2.45, 2.75) is 0 Å². The van der Waals surface area contributed by atoms with Crippen molar-refractivity contribution in [1.29, 1.82) is 0 Å². The maximum Gasteiger partial charge on any atom is 0.0714 e. The monoisotopic (exact) mass is 633 g/mol. The van der Waals surface area contributed by atoms with Crippen molar-refractivity contribution in [1.82, 2.24) is 15.0 Å². The molecule has 7 aromatic rings. The summed E-state index contributed by atoms with van der Waals surface area (Å²) in [5.74, 6) is 25.8. The van der Waals surface area contributed by atoms with Gasteiger partial charge in [-0.15, -0.1) is 0 Å². The molecule has 3 heteroatoms. The number of hydrogen-bond acceptors (Lipinski definition) is 3. The third-order valence-corrected chi connectivity index (χ3v) is 7.62. The van der Waals surface area contributed by atoms with Crippen LogP contribution in [0.2, 0.25) is 0 Å². The van der Waals surface area contributed by atoms with E-state index < -0.39 is 0 Å². The second-order valence-corrected chi connectivity index (χ2v) is 11.2. The number of hydrogen-bond donors (Lipinski definition) is 0. The molecule has 0 aliphatic carbocycles. The minimum atomic E-state index is 0.863. The molecule has 0 spiro atoms. The Morgan fingerprint density at radius 3 is 1.02 bits per heavy atom. The van der Waals surface area contributed by atoms with Gasteiger partial charge >= 0.3 is 0 Å². The van der Waals surface area contributed by atoms with Gasteiger partial charge in [0.1, 0.15) is 0 Å². The normalized spacial score (nSPS) is 9.76. The highest BCUT2D eigenvalue weighted by molar-refractivity contribution is 5.64. The maximum absolute atomic E-state index is 4.55. The van der Waals surface area contributed by atoms with Gasteiger partial charge < -0.3 is 0 Å². The fourth-order valence-electron chi connectivity index (χ4n) is 4.95. The fraction of sp³-hybridized carbons (Fsp3) is 0. The number of aromatic nitrogens is 3. The zero-order valence-electron chi connectivity index (χ0n) is 26.9. The number of benzene rings is 4. The van der Waals surface area contributed by atoms with Crippen LogP contribution in [0.25, 0.3) is 22.5 Å². The molecule has 3 heterocycles. The topological polar surface area (TPSA) is 38.7 Å². The largest absolute Gasteiger partial charge is 0.265 e. The van der Waals surface area contributed by atoms with E-state index in [1.807, 2.05) is 140 Å². The van der Waals surface area contributed by atoms with Gasteiger partial charge in [-0.2, -0.15) is 0 Å². The Morgan fingerprint density at radius 2 is 0.600 bits per heavy atom. The Hall–Kier alpha value is -7.43. The quantitative estimate of drug-likeness (QED) is 0.179. The predicted octanol–water partition coefficient (Wildman–Crippen LogP) is 8.80. The highest BCUT2D eigenvalue weighted by Crippen LogP contribution is 2.20. The van der Waals surface area contributed by atoms with E-state index in [9.17, 15) is 0 Å². The van der Waals surface area contributed by atoms with E-state index in [2.05, 4.69) is 62.3 Å².